The van der Waals surface area contributed by atoms with Crippen LogP contribution in [0.15, 0.2) is 47.6 Å². The molecule has 2 aliphatic heterocycles. The van der Waals surface area contributed by atoms with Crippen molar-refractivity contribution in [1.82, 2.24) is 15.2 Å². The van der Waals surface area contributed by atoms with Crippen LogP contribution in [0.1, 0.15) is 48.8 Å². The minimum absolute atomic E-state index is 0.0213. The molecule has 1 fully saturated rings. The SMILES string of the molecule is Cc1ccc(C(=O)N2CCC3(C2)NCc2ccccc2NC3=NC(C)(C)C)cn1. The van der Waals surface area contributed by atoms with Gasteiger partial charge in [-0.25, -0.2) is 0 Å². The number of carbonyl (C=O) groups is 1. The van der Waals surface area contributed by atoms with Crippen LogP contribution in [-0.2, 0) is 6.54 Å². The number of amidine groups is 1. The maximum atomic E-state index is 13.1. The summed E-state index contributed by atoms with van der Waals surface area (Å²) in [5.41, 5.74) is 3.21. The predicted molar refractivity (Wildman–Crippen MR) is 116 cm³/mol. The third-order valence-electron chi connectivity index (χ3n) is 5.50. The van der Waals surface area contributed by atoms with Crippen molar-refractivity contribution in [2.45, 2.75) is 51.7 Å². The number of hydrogen-bond donors (Lipinski definition) is 2. The fraction of sp³-hybridized carbons (Fsp3) is 0.435. The van der Waals surface area contributed by atoms with E-state index in [1.54, 1.807) is 6.20 Å². The van der Waals surface area contributed by atoms with Gasteiger partial charge in [-0.2, -0.15) is 0 Å². The van der Waals surface area contributed by atoms with Crippen LogP contribution in [-0.4, -0.2) is 45.8 Å². The number of likely N-dealkylation sites (tertiary alicyclic amines) is 1. The lowest BCUT2D eigenvalue weighted by Crippen LogP contribution is -2.56. The van der Waals surface area contributed by atoms with Gasteiger partial charge < -0.3 is 10.2 Å². The highest BCUT2D eigenvalue weighted by Gasteiger charge is 2.46. The van der Waals surface area contributed by atoms with E-state index in [0.717, 1.165) is 30.2 Å². The Morgan fingerprint density at radius 2 is 2.00 bits per heavy atom. The van der Waals surface area contributed by atoms with E-state index in [4.69, 9.17) is 4.99 Å². The van der Waals surface area contributed by atoms with Crippen molar-refractivity contribution in [2.24, 2.45) is 4.99 Å². The van der Waals surface area contributed by atoms with Gasteiger partial charge in [0.15, 0.2) is 0 Å². The van der Waals surface area contributed by atoms with Crippen LogP contribution in [0.25, 0.3) is 0 Å². The summed E-state index contributed by atoms with van der Waals surface area (Å²) in [7, 11) is 0. The van der Waals surface area contributed by atoms with E-state index in [0.29, 0.717) is 18.7 Å². The summed E-state index contributed by atoms with van der Waals surface area (Å²) in [6.45, 7) is 10.2. The van der Waals surface area contributed by atoms with E-state index in [9.17, 15) is 4.79 Å². The molecule has 1 aromatic carbocycles. The van der Waals surface area contributed by atoms with Gasteiger partial charge in [0.05, 0.1) is 16.6 Å². The molecular weight excluding hydrogens is 362 g/mol. The Balaban J connectivity index is 1.65. The molecular formula is C23H29N5O. The minimum Gasteiger partial charge on any atom is -0.342 e. The van der Waals surface area contributed by atoms with Gasteiger partial charge >= 0.3 is 0 Å². The number of fused-ring (bicyclic) bond motifs is 1. The average molecular weight is 392 g/mol. The third-order valence-corrected chi connectivity index (χ3v) is 5.50. The fourth-order valence-electron chi connectivity index (χ4n) is 3.96. The minimum atomic E-state index is -0.389. The van der Waals surface area contributed by atoms with Crippen molar-refractivity contribution < 1.29 is 4.79 Å². The smallest absolute Gasteiger partial charge is 0.255 e. The van der Waals surface area contributed by atoms with E-state index in [2.05, 4.69) is 54.6 Å². The number of aryl methyl sites for hydroxylation is 1. The number of aromatic nitrogens is 1. The van der Waals surface area contributed by atoms with Gasteiger partial charge in [-0.05, 0) is 57.9 Å². The normalized spacial score (nSPS) is 23.0. The molecule has 6 heteroatoms. The molecule has 6 nitrogen and oxygen atoms in total. The molecule has 1 amide bonds. The Labute approximate surface area is 172 Å². The van der Waals surface area contributed by atoms with Crippen LogP contribution in [0.2, 0.25) is 0 Å². The predicted octanol–water partition coefficient (Wildman–Crippen LogP) is 3.39. The van der Waals surface area contributed by atoms with Crippen molar-refractivity contribution in [3.8, 4) is 0 Å². The standard InChI is InChI=1S/C23H29N5O/c1-16-9-10-18(13-24-16)20(29)28-12-11-23(15-28)21(27-22(2,3)4)26-19-8-6-5-7-17(19)14-25-23/h5-10,13,25H,11-12,14-15H2,1-4H3,(H,26,27). The number of anilines is 1. The number of rotatable bonds is 1. The van der Waals surface area contributed by atoms with E-state index in [1.807, 2.05) is 30.0 Å². The molecule has 2 aromatic rings. The summed E-state index contributed by atoms with van der Waals surface area (Å²) in [4.78, 5) is 24.3. The summed E-state index contributed by atoms with van der Waals surface area (Å²) in [6, 6.07) is 12.0. The lowest BCUT2D eigenvalue weighted by atomic mass is 9.95. The molecule has 0 radical (unpaired) electrons. The Bertz CT molecular complexity index is 944. The number of hydrogen-bond acceptors (Lipinski definition) is 4. The molecule has 1 aromatic heterocycles. The van der Waals surface area contributed by atoms with E-state index >= 15 is 0 Å². The van der Waals surface area contributed by atoms with Crippen LogP contribution in [0.3, 0.4) is 0 Å². The lowest BCUT2D eigenvalue weighted by molar-refractivity contribution is 0.0785. The third kappa shape index (κ3) is 4.03. The second-order valence-electron chi connectivity index (χ2n) is 9.01. The zero-order chi connectivity index (χ0) is 20.6. The van der Waals surface area contributed by atoms with Gasteiger partial charge in [0.1, 0.15) is 5.84 Å². The average Bonchev–Trinajstić information content (AvgIpc) is 3.05. The summed E-state index contributed by atoms with van der Waals surface area (Å²) < 4.78 is 0. The number of aliphatic imine (C=N–C) groups is 1. The molecule has 1 saturated heterocycles. The van der Waals surface area contributed by atoms with Crippen LogP contribution in [0, 0.1) is 6.92 Å². The number of benzene rings is 1. The van der Waals surface area contributed by atoms with Crippen LogP contribution in [0.4, 0.5) is 5.69 Å². The number of pyridine rings is 1. The molecule has 0 saturated carbocycles. The monoisotopic (exact) mass is 391 g/mol. The summed E-state index contributed by atoms with van der Waals surface area (Å²) in [6.07, 6.45) is 2.48. The molecule has 4 rings (SSSR count). The van der Waals surface area contributed by atoms with Gasteiger partial charge in [-0.1, -0.05) is 18.2 Å². The first kappa shape index (κ1) is 19.6. The van der Waals surface area contributed by atoms with E-state index < -0.39 is 0 Å². The maximum absolute atomic E-state index is 13.1. The molecule has 2 aliphatic rings. The highest BCUT2D eigenvalue weighted by Crippen LogP contribution is 2.31. The molecule has 29 heavy (non-hydrogen) atoms. The number of carbonyl (C=O) groups excluding carboxylic acids is 1. The molecule has 1 atom stereocenters. The number of nitrogens with zero attached hydrogens (tertiary/aromatic N) is 3. The number of amides is 1. The van der Waals surface area contributed by atoms with Gasteiger partial charge in [-0.15, -0.1) is 0 Å². The molecule has 1 spiro atoms. The van der Waals surface area contributed by atoms with Crippen molar-refractivity contribution in [1.29, 1.82) is 0 Å². The molecule has 1 unspecified atom stereocenters. The fourth-order valence-corrected chi connectivity index (χ4v) is 3.96. The second kappa shape index (κ2) is 7.26. The van der Waals surface area contributed by atoms with Gasteiger partial charge in [0, 0.05) is 37.2 Å². The second-order valence-corrected chi connectivity index (χ2v) is 9.01. The Morgan fingerprint density at radius 1 is 1.21 bits per heavy atom. The van der Waals surface area contributed by atoms with Crippen molar-refractivity contribution in [3.05, 3.63) is 59.4 Å². The van der Waals surface area contributed by atoms with Crippen molar-refractivity contribution >= 4 is 17.4 Å². The molecule has 0 aliphatic carbocycles. The van der Waals surface area contributed by atoms with Gasteiger partial charge in [-0.3, -0.25) is 20.1 Å². The van der Waals surface area contributed by atoms with Crippen LogP contribution >= 0.6 is 0 Å². The Kier molecular flexibility index (Phi) is 4.90. The quantitative estimate of drug-likeness (QED) is 0.782. The lowest BCUT2D eigenvalue weighted by Gasteiger charge is -2.32. The Morgan fingerprint density at radius 3 is 2.72 bits per heavy atom. The van der Waals surface area contributed by atoms with E-state index in [1.165, 1.54) is 5.56 Å². The highest BCUT2D eigenvalue weighted by molar-refractivity contribution is 6.05. The molecule has 0 bridgehead atoms. The van der Waals surface area contributed by atoms with Crippen molar-refractivity contribution in [3.63, 3.8) is 0 Å². The molecule has 2 N–H and O–H groups in total. The van der Waals surface area contributed by atoms with E-state index in [-0.39, 0.29) is 17.0 Å². The zero-order valence-corrected chi connectivity index (χ0v) is 17.6. The van der Waals surface area contributed by atoms with Crippen LogP contribution in [0.5, 0.6) is 0 Å². The zero-order valence-electron chi connectivity index (χ0n) is 17.6. The molecule has 152 valence electrons. The summed E-state index contributed by atoms with van der Waals surface area (Å²) in [5, 5.41) is 7.32. The van der Waals surface area contributed by atoms with Gasteiger partial charge in [0.2, 0.25) is 0 Å². The topological polar surface area (TPSA) is 69.6 Å². The van der Waals surface area contributed by atoms with Crippen LogP contribution < -0.4 is 10.6 Å². The highest BCUT2D eigenvalue weighted by atomic mass is 16.2. The first-order chi connectivity index (χ1) is 13.8. The summed E-state index contributed by atoms with van der Waals surface area (Å²) >= 11 is 0. The first-order valence-electron chi connectivity index (χ1n) is 10.2. The molecule has 3 heterocycles. The van der Waals surface area contributed by atoms with Gasteiger partial charge in [0.25, 0.3) is 5.91 Å². The maximum Gasteiger partial charge on any atom is 0.255 e. The Hall–Kier alpha value is -2.73. The largest absolute Gasteiger partial charge is 0.342 e. The first-order valence-corrected chi connectivity index (χ1v) is 10.2. The summed E-state index contributed by atoms with van der Waals surface area (Å²) in [5.74, 6) is 0.931. The van der Waals surface area contributed by atoms with Crippen molar-refractivity contribution in [2.75, 3.05) is 18.4 Å². The number of para-hydroxylation sites is 1. The number of nitrogens with one attached hydrogen (secondary N) is 2.